The zero-order chi connectivity index (χ0) is 23.4. The summed E-state index contributed by atoms with van der Waals surface area (Å²) in [5.74, 6) is -1.12. The molecule has 170 valence electrons. The molecule has 1 aromatic carbocycles. The average Bonchev–Trinajstić information content (AvgIpc) is 2.82. The molecule has 1 aromatic heterocycles. The van der Waals surface area contributed by atoms with E-state index in [9.17, 15) is 19.5 Å². The molecule has 2 aliphatic heterocycles. The second-order valence-electron chi connectivity index (χ2n) is 7.63. The number of fused-ring (bicyclic) bond motifs is 1. The Balaban J connectivity index is 1.40. The average molecular weight is 483 g/mol. The molecule has 0 aliphatic carbocycles. The number of allylic oxidation sites excluding steroid dienone is 2. The van der Waals surface area contributed by atoms with Crippen LogP contribution in [0.2, 0.25) is 0 Å². The highest BCUT2D eigenvalue weighted by Gasteiger charge is 2.53. The van der Waals surface area contributed by atoms with E-state index in [0.29, 0.717) is 17.9 Å². The van der Waals surface area contributed by atoms with E-state index in [2.05, 4.69) is 5.32 Å². The van der Waals surface area contributed by atoms with Gasteiger partial charge in [0.05, 0.1) is 5.75 Å². The van der Waals surface area contributed by atoms with Gasteiger partial charge < -0.3 is 10.4 Å². The highest BCUT2D eigenvalue weighted by Crippen LogP contribution is 2.40. The number of pyridine rings is 1. The van der Waals surface area contributed by atoms with Crippen LogP contribution in [0.5, 0.6) is 0 Å². The number of aromatic nitrogens is 1. The van der Waals surface area contributed by atoms with Crippen LogP contribution in [0.3, 0.4) is 0 Å². The third-order valence-electron chi connectivity index (χ3n) is 5.42. The zero-order valence-electron chi connectivity index (χ0n) is 18.0. The van der Waals surface area contributed by atoms with Crippen LogP contribution >= 0.6 is 23.5 Å². The number of thioether (sulfide) groups is 2. The van der Waals surface area contributed by atoms with Gasteiger partial charge in [-0.1, -0.05) is 30.3 Å². The number of hydrogen-bond acceptors (Lipinski definition) is 5. The van der Waals surface area contributed by atoms with Crippen LogP contribution in [0.25, 0.3) is 0 Å². The number of carboxylic acids is 1. The Hall–Kier alpha value is -3.04. The molecule has 0 spiro atoms. The van der Waals surface area contributed by atoms with Crippen molar-refractivity contribution < 1.29 is 24.1 Å². The van der Waals surface area contributed by atoms with Crippen molar-refractivity contribution >= 4 is 41.3 Å². The molecule has 0 unspecified atom stereocenters. The molecule has 1 fully saturated rings. The Morgan fingerprint density at radius 3 is 2.73 bits per heavy atom. The van der Waals surface area contributed by atoms with E-state index in [-0.39, 0.29) is 23.3 Å². The van der Waals surface area contributed by atoms with Crippen molar-refractivity contribution in [3.63, 3.8) is 0 Å². The van der Waals surface area contributed by atoms with E-state index in [1.165, 1.54) is 28.4 Å². The van der Waals surface area contributed by atoms with Crippen LogP contribution in [-0.4, -0.2) is 50.7 Å². The van der Waals surface area contributed by atoms with Gasteiger partial charge >= 0.3 is 5.97 Å². The lowest BCUT2D eigenvalue weighted by Crippen LogP contribution is -2.70. The number of aryl methyl sites for hydroxylation is 1. The molecule has 2 aliphatic rings. The van der Waals surface area contributed by atoms with Crippen molar-refractivity contribution in [3.8, 4) is 0 Å². The van der Waals surface area contributed by atoms with Crippen LogP contribution in [0.4, 0.5) is 0 Å². The molecule has 3 heterocycles. The van der Waals surface area contributed by atoms with Crippen molar-refractivity contribution in [1.29, 1.82) is 0 Å². The topological polar surface area (TPSA) is 90.6 Å². The quantitative estimate of drug-likeness (QED) is 0.341. The lowest BCUT2D eigenvalue weighted by Gasteiger charge is -2.49. The van der Waals surface area contributed by atoms with Crippen LogP contribution in [0, 0.1) is 6.92 Å². The van der Waals surface area contributed by atoms with Crippen LogP contribution in [-0.2, 0) is 20.9 Å². The number of nitrogens with one attached hydrogen (secondary N) is 1. The molecular weight excluding hydrogens is 458 g/mol. The van der Waals surface area contributed by atoms with Crippen LogP contribution in [0.1, 0.15) is 5.69 Å². The number of aliphatic carboxylic acids is 1. The summed E-state index contributed by atoms with van der Waals surface area (Å²) in [7, 11) is 0. The van der Waals surface area contributed by atoms with Gasteiger partial charge in [-0.3, -0.25) is 14.5 Å². The number of nitrogens with zero attached hydrogens (tertiary/aromatic N) is 2. The van der Waals surface area contributed by atoms with E-state index >= 15 is 0 Å². The second kappa shape index (κ2) is 10.3. The van der Waals surface area contributed by atoms with Crippen molar-refractivity contribution in [2.45, 2.75) is 29.8 Å². The highest BCUT2D eigenvalue weighted by atomic mass is 32.2. The maximum Gasteiger partial charge on any atom is 0.352 e. The Morgan fingerprint density at radius 2 is 2.00 bits per heavy atom. The molecule has 1 saturated heterocycles. The van der Waals surface area contributed by atoms with E-state index < -0.39 is 17.4 Å². The smallest absolute Gasteiger partial charge is 0.352 e. The minimum absolute atomic E-state index is 0.000979. The molecular formula is C24H24N3O4S2+. The summed E-state index contributed by atoms with van der Waals surface area (Å²) in [6.45, 7) is 2.60. The number of hydrogen-bond donors (Lipinski definition) is 2. The molecule has 0 radical (unpaired) electrons. The first-order valence-electron chi connectivity index (χ1n) is 10.5. The zero-order valence-corrected chi connectivity index (χ0v) is 19.6. The van der Waals surface area contributed by atoms with Gasteiger partial charge in [-0.15, -0.1) is 23.5 Å². The molecule has 9 heteroatoms. The molecule has 0 bridgehead atoms. The molecule has 4 rings (SSSR count). The first-order valence-corrected chi connectivity index (χ1v) is 12.5. The molecule has 2 N–H and O–H groups in total. The molecule has 2 atom stereocenters. The monoisotopic (exact) mass is 482 g/mol. The minimum atomic E-state index is -1.14. The Labute approximate surface area is 200 Å². The molecule has 2 amide bonds. The van der Waals surface area contributed by atoms with Gasteiger partial charge in [0.25, 0.3) is 5.91 Å². The Kier molecular flexibility index (Phi) is 7.20. The van der Waals surface area contributed by atoms with Crippen molar-refractivity contribution in [2.75, 3.05) is 11.5 Å². The lowest BCUT2D eigenvalue weighted by atomic mass is 10.0. The van der Waals surface area contributed by atoms with Gasteiger partial charge in [0, 0.05) is 29.7 Å². The first-order chi connectivity index (χ1) is 16.0. The highest BCUT2D eigenvalue weighted by molar-refractivity contribution is 8.00. The summed E-state index contributed by atoms with van der Waals surface area (Å²) in [6, 6.07) is 14.7. The third kappa shape index (κ3) is 5.15. The maximum absolute atomic E-state index is 12.8. The standard InChI is InChI=1S/C24H23N3O4S2/c1-16-8-5-6-12-26(16)13-7-9-17-14-33-23-20(22(29)27(23)21(17)24(30)31)25-19(28)15-32-18-10-3-2-4-11-18/h2-12,20,23H,13-15H2,1H3,(H-,25,28,30,31)/p+1/b9-7+/t20-,23-/m1/s1. The maximum atomic E-state index is 12.8. The summed E-state index contributed by atoms with van der Waals surface area (Å²) in [4.78, 5) is 39.4. The lowest BCUT2D eigenvalue weighted by molar-refractivity contribution is -0.693. The van der Waals surface area contributed by atoms with Gasteiger partial charge in [0.15, 0.2) is 18.4 Å². The molecule has 7 nitrogen and oxygen atoms in total. The normalized spacial score (nSPS) is 19.9. The number of benzene rings is 1. The van der Waals surface area contributed by atoms with E-state index in [4.69, 9.17) is 0 Å². The van der Waals surface area contributed by atoms with Crippen molar-refractivity contribution in [2.24, 2.45) is 0 Å². The van der Waals surface area contributed by atoms with E-state index in [0.717, 1.165) is 10.6 Å². The summed E-state index contributed by atoms with van der Waals surface area (Å²) in [5.41, 5.74) is 1.68. The fourth-order valence-corrected chi connectivity index (χ4v) is 5.78. The summed E-state index contributed by atoms with van der Waals surface area (Å²) in [5, 5.41) is 12.2. The van der Waals surface area contributed by atoms with E-state index in [1.54, 1.807) is 6.08 Å². The summed E-state index contributed by atoms with van der Waals surface area (Å²) in [6.07, 6.45) is 5.64. The summed E-state index contributed by atoms with van der Waals surface area (Å²) < 4.78 is 2.05. The van der Waals surface area contributed by atoms with Crippen LogP contribution in [0.15, 0.2) is 83.0 Å². The van der Waals surface area contributed by atoms with Gasteiger partial charge in [-0.2, -0.15) is 4.57 Å². The number of β-lactam (4-membered cyclic amide) rings is 1. The number of amides is 2. The largest absolute Gasteiger partial charge is 0.477 e. The number of rotatable bonds is 8. The first kappa shape index (κ1) is 23.1. The third-order valence-corrected chi connectivity index (χ3v) is 7.73. The fraction of sp³-hybridized carbons (Fsp3) is 0.250. The number of carbonyl (C=O) groups excluding carboxylic acids is 2. The van der Waals surface area contributed by atoms with Gasteiger partial charge in [-0.25, -0.2) is 4.79 Å². The molecule has 33 heavy (non-hydrogen) atoms. The van der Waals surface area contributed by atoms with Crippen molar-refractivity contribution in [1.82, 2.24) is 10.2 Å². The second-order valence-corrected chi connectivity index (χ2v) is 9.79. The van der Waals surface area contributed by atoms with Gasteiger partial charge in [-0.05, 0) is 23.8 Å². The van der Waals surface area contributed by atoms with Gasteiger partial charge in [0.1, 0.15) is 17.1 Å². The number of carboxylic acid groups (broad SMARTS) is 1. The summed E-state index contributed by atoms with van der Waals surface area (Å²) >= 11 is 2.86. The van der Waals surface area contributed by atoms with Gasteiger partial charge in [0.2, 0.25) is 5.91 Å². The minimum Gasteiger partial charge on any atom is -0.477 e. The van der Waals surface area contributed by atoms with E-state index in [1.807, 2.05) is 72.3 Å². The predicted octanol–water partition coefficient (Wildman–Crippen LogP) is 2.37. The van der Waals surface area contributed by atoms with Crippen molar-refractivity contribution in [3.05, 3.63) is 83.8 Å². The predicted molar refractivity (Wildman–Crippen MR) is 127 cm³/mol. The van der Waals surface area contributed by atoms with Crippen LogP contribution < -0.4 is 9.88 Å². The Morgan fingerprint density at radius 1 is 1.24 bits per heavy atom. The Bertz CT molecular complexity index is 1130. The molecule has 0 saturated carbocycles. The molecule has 2 aromatic rings. The number of carbonyl (C=O) groups is 3. The SMILES string of the molecule is Cc1cccc[n+]1C/C=C/C1=C(C(=O)O)N2C(=O)[C@@H](NC(=O)CSc3ccccc3)[C@H]2SC1. The fourth-order valence-electron chi connectivity index (χ4n) is 3.73.